The molecule has 0 aliphatic rings. The largest absolute Gasteiger partial charge is 0.391 e. The summed E-state index contributed by atoms with van der Waals surface area (Å²) in [5.41, 5.74) is 8.57. The van der Waals surface area contributed by atoms with Crippen LogP contribution in [0.2, 0.25) is 0 Å². The second kappa shape index (κ2) is 6.03. The molecule has 2 N–H and O–H groups in total. The minimum absolute atomic E-state index is 0.271. The van der Waals surface area contributed by atoms with Crippen LogP contribution >= 0.6 is 0 Å². The van der Waals surface area contributed by atoms with Crippen molar-refractivity contribution < 1.29 is 9.63 Å². The van der Waals surface area contributed by atoms with Gasteiger partial charge in [0.05, 0.1) is 5.71 Å². The van der Waals surface area contributed by atoms with Crippen molar-refractivity contribution >= 4 is 11.6 Å². The lowest BCUT2D eigenvalue weighted by atomic mass is 9.99. The molecule has 92 valence electrons. The second-order valence-electron chi connectivity index (χ2n) is 3.97. The maximum absolute atomic E-state index is 11.3. The summed E-state index contributed by atoms with van der Waals surface area (Å²) in [5.74, 6) is -0.434. The Hall–Kier alpha value is -1.84. The molecular formula is C13H18N2O2. The van der Waals surface area contributed by atoms with E-state index in [4.69, 9.17) is 10.6 Å². The summed E-state index contributed by atoms with van der Waals surface area (Å²) in [6, 6.07) is 5.51. The molecule has 4 heteroatoms. The zero-order valence-corrected chi connectivity index (χ0v) is 10.5. The summed E-state index contributed by atoms with van der Waals surface area (Å²) >= 11 is 0. The number of hydrogen-bond donors (Lipinski definition) is 1. The summed E-state index contributed by atoms with van der Waals surface area (Å²) in [4.78, 5) is 16.5. The number of amides is 1. The average Bonchev–Trinajstić information content (AvgIpc) is 2.28. The maximum atomic E-state index is 11.3. The van der Waals surface area contributed by atoms with Crippen LogP contribution in [0, 0.1) is 0 Å². The molecule has 0 atom stereocenters. The first kappa shape index (κ1) is 13.2. The van der Waals surface area contributed by atoms with Crippen LogP contribution in [0.3, 0.4) is 0 Å². The quantitative estimate of drug-likeness (QED) is 0.627. The molecule has 0 unspecified atom stereocenters. The van der Waals surface area contributed by atoms with Gasteiger partial charge in [0.2, 0.25) is 5.91 Å². The van der Waals surface area contributed by atoms with Crippen LogP contribution in [-0.2, 0) is 17.9 Å². The molecule has 1 rings (SSSR count). The molecule has 1 amide bonds. The first-order valence-corrected chi connectivity index (χ1v) is 5.60. The highest BCUT2D eigenvalue weighted by Gasteiger charge is 2.11. The van der Waals surface area contributed by atoms with Crippen LogP contribution in [0.15, 0.2) is 23.4 Å². The molecule has 0 fully saturated rings. The number of nitrogens with two attached hydrogens (primary N) is 1. The van der Waals surface area contributed by atoms with Crippen molar-refractivity contribution in [1.29, 1.82) is 0 Å². The normalized spacial score (nSPS) is 9.82. The minimum atomic E-state index is -0.434. The maximum Gasteiger partial charge on any atom is 0.249 e. The zero-order chi connectivity index (χ0) is 12.8. The third kappa shape index (κ3) is 3.59. The van der Waals surface area contributed by atoms with E-state index in [-0.39, 0.29) is 6.61 Å². The number of aryl methyl sites for hydroxylation is 1. The minimum Gasteiger partial charge on any atom is -0.391 e. The van der Waals surface area contributed by atoms with Gasteiger partial charge in [-0.25, -0.2) is 0 Å². The van der Waals surface area contributed by atoms with E-state index in [2.05, 4.69) is 5.16 Å². The highest BCUT2D eigenvalue weighted by Crippen LogP contribution is 2.16. The summed E-state index contributed by atoms with van der Waals surface area (Å²) in [6.45, 7) is 5.99. The molecule has 17 heavy (non-hydrogen) atoms. The predicted molar refractivity (Wildman–Crippen MR) is 67.9 cm³/mol. The summed E-state index contributed by atoms with van der Waals surface area (Å²) in [5, 5.41) is 3.86. The number of nitrogens with zero attached hydrogens (tertiary/aromatic N) is 1. The number of primary amides is 1. The standard InChI is InChI=1S/C13H18N2O2/c1-4-10-6-5-7-11(13(14)16)12(10)8-17-15-9(2)3/h5-7H,4,8H2,1-3H3,(H2,14,16). The van der Waals surface area contributed by atoms with Crippen LogP contribution < -0.4 is 5.73 Å². The number of carbonyl (C=O) groups is 1. The number of carbonyl (C=O) groups excluding carboxylic acids is 1. The smallest absolute Gasteiger partial charge is 0.249 e. The van der Waals surface area contributed by atoms with Crippen molar-refractivity contribution in [3.05, 3.63) is 34.9 Å². The van der Waals surface area contributed by atoms with Crippen molar-refractivity contribution in [3.8, 4) is 0 Å². The van der Waals surface area contributed by atoms with Crippen molar-refractivity contribution in [3.63, 3.8) is 0 Å². The Labute approximate surface area is 101 Å². The Morgan fingerprint density at radius 3 is 2.65 bits per heavy atom. The van der Waals surface area contributed by atoms with E-state index in [1.807, 2.05) is 32.9 Å². The molecule has 0 aliphatic heterocycles. The molecule has 0 heterocycles. The lowest BCUT2D eigenvalue weighted by molar-refractivity contribution is 0.0988. The van der Waals surface area contributed by atoms with E-state index in [0.717, 1.165) is 23.3 Å². The average molecular weight is 234 g/mol. The zero-order valence-electron chi connectivity index (χ0n) is 10.5. The van der Waals surface area contributed by atoms with Gasteiger partial charge in [-0.15, -0.1) is 0 Å². The summed E-state index contributed by atoms with van der Waals surface area (Å²) in [7, 11) is 0. The summed E-state index contributed by atoms with van der Waals surface area (Å²) in [6.07, 6.45) is 0.828. The van der Waals surface area contributed by atoms with E-state index in [9.17, 15) is 4.79 Å². The van der Waals surface area contributed by atoms with Gasteiger partial charge in [-0.1, -0.05) is 24.2 Å². The molecular weight excluding hydrogens is 216 g/mol. The van der Waals surface area contributed by atoms with Crippen LogP contribution in [0.5, 0.6) is 0 Å². The van der Waals surface area contributed by atoms with Gasteiger partial charge < -0.3 is 10.6 Å². The molecule has 1 aromatic rings. The molecule has 0 radical (unpaired) electrons. The fraction of sp³-hybridized carbons (Fsp3) is 0.385. The van der Waals surface area contributed by atoms with Gasteiger partial charge in [0, 0.05) is 11.1 Å². The molecule has 0 saturated carbocycles. The molecule has 0 saturated heterocycles. The molecule has 0 aliphatic carbocycles. The Morgan fingerprint density at radius 2 is 2.12 bits per heavy atom. The van der Waals surface area contributed by atoms with Crippen molar-refractivity contribution in [2.24, 2.45) is 10.9 Å². The van der Waals surface area contributed by atoms with Gasteiger partial charge in [0.15, 0.2) is 0 Å². The number of oxime groups is 1. The van der Waals surface area contributed by atoms with Gasteiger partial charge in [-0.2, -0.15) is 0 Å². The Bertz CT molecular complexity index is 435. The molecule has 4 nitrogen and oxygen atoms in total. The molecule has 0 bridgehead atoms. The van der Waals surface area contributed by atoms with Crippen LogP contribution in [0.25, 0.3) is 0 Å². The van der Waals surface area contributed by atoms with E-state index in [1.165, 1.54) is 0 Å². The highest BCUT2D eigenvalue weighted by molar-refractivity contribution is 5.94. The van der Waals surface area contributed by atoms with Gasteiger partial charge >= 0.3 is 0 Å². The van der Waals surface area contributed by atoms with Gasteiger partial charge in [-0.05, 0) is 31.9 Å². The third-order valence-corrected chi connectivity index (χ3v) is 2.38. The lowest BCUT2D eigenvalue weighted by Gasteiger charge is -2.10. The fourth-order valence-electron chi connectivity index (χ4n) is 1.59. The Kier molecular flexibility index (Phi) is 4.69. The van der Waals surface area contributed by atoms with Gasteiger partial charge in [0.25, 0.3) is 0 Å². The van der Waals surface area contributed by atoms with Crippen molar-refractivity contribution in [2.75, 3.05) is 0 Å². The molecule has 0 spiro atoms. The first-order valence-electron chi connectivity index (χ1n) is 5.60. The number of benzene rings is 1. The second-order valence-corrected chi connectivity index (χ2v) is 3.97. The number of rotatable bonds is 5. The van der Waals surface area contributed by atoms with Crippen LogP contribution in [0.4, 0.5) is 0 Å². The Balaban J connectivity index is 3.01. The topological polar surface area (TPSA) is 64.7 Å². The van der Waals surface area contributed by atoms with Gasteiger partial charge in [-0.3, -0.25) is 4.79 Å². The predicted octanol–water partition coefficient (Wildman–Crippen LogP) is 2.26. The van der Waals surface area contributed by atoms with Gasteiger partial charge in [0.1, 0.15) is 6.61 Å². The van der Waals surface area contributed by atoms with Crippen LogP contribution in [0.1, 0.15) is 42.3 Å². The molecule has 1 aromatic carbocycles. The van der Waals surface area contributed by atoms with E-state index in [0.29, 0.717) is 5.56 Å². The Morgan fingerprint density at radius 1 is 1.41 bits per heavy atom. The first-order chi connectivity index (χ1) is 8.06. The van der Waals surface area contributed by atoms with E-state index < -0.39 is 5.91 Å². The highest BCUT2D eigenvalue weighted by atomic mass is 16.6. The SMILES string of the molecule is CCc1cccc(C(N)=O)c1CON=C(C)C. The molecule has 0 aromatic heterocycles. The third-order valence-electron chi connectivity index (χ3n) is 2.38. The number of hydrogen-bond acceptors (Lipinski definition) is 3. The fourth-order valence-corrected chi connectivity index (χ4v) is 1.59. The van der Waals surface area contributed by atoms with E-state index in [1.54, 1.807) is 6.07 Å². The van der Waals surface area contributed by atoms with E-state index >= 15 is 0 Å². The summed E-state index contributed by atoms with van der Waals surface area (Å²) < 4.78 is 0. The van der Waals surface area contributed by atoms with Crippen molar-refractivity contribution in [2.45, 2.75) is 33.8 Å². The lowest BCUT2D eigenvalue weighted by Crippen LogP contribution is -2.15. The monoisotopic (exact) mass is 234 g/mol. The van der Waals surface area contributed by atoms with Crippen LogP contribution in [-0.4, -0.2) is 11.6 Å². The van der Waals surface area contributed by atoms with Crippen molar-refractivity contribution in [1.82, 2.24) is 0 Å².